The van der Waals surface area contributed by atoms with Gasteiger partial charge in [-0.25, -0.2) is 4.98 Å². The second-order valence-corrected chi connectivity index (χ2v) is 8.23. The molecule has 0 saturated heterocycles. The highest BCUT2D eigenvalue weighted by atomic mass is 32.1. The summed E-state index contributed by atoms with van der Waals surface area (Å²) in [6.07, 6.45) is 1.85. The van der Waals surface area contributed by atoms with E-state index in [9.17, 15) is 4.79 Å². The molecule has 6 heteroatoms. The molecule has 4 rings (SSSR count). The van der Waals surface area contributed by atoms with E-state index < -0.39 is 0 Å². The van der Waals surface area contributed by atoms with Crippen LogP contribution >= 0.6 is 11.3 Å². The summed E-state index contributed by atoms with van der Waals surface area (Å²) in [5.41, 5.74) is 5.48. The van der Waals surface area contributed by atoms with Gasteiger partial charge in [-0.3, -0.25) is 9.48 Å². The highest BCUT2D eigenvalue weighted by Gasteiger charge is 2.27. The Kier molecular flexibility index (Phi) is 4.83. The number of benzene rings is 1. The largest absolute Gasteiger partial charge is 0.330 e. The van der Waals surface area contributed by atoms with E-state index in [1.807, 2.05) is 16.5 Å². The van der Waals surface area contributed by atoms with Crippen LogP contribution in [0.25, 0.3) is 11.3 Å². The predicted molar refractivity (Wildman–Crippen MR) is 108 cm³/mol. The van der Waals surface area contributed by atoms with Crippen LogP contribution in [0.2, 0.25) is 0 Å². The van der Waals surface area contributed by atoms with E-state index >= 15 is 0 Å². The fourth-order valence-electron chi connectivity index (χ4n) is 3.54. The zero-order chi connectivity index (χ0) is 19.0. The minimum Gasteiger partial charge on any atom is -0.330 e. The fraction of sp³-hybridized carbons (Fsp3) is 0.381. The Morgan fingerprint density at radius 1 is 1.19 bits per heavy atom. The van der Waals surface area contributed by atoms with Crippen LogP contribution in [0.3, 0.4) is 0 Å². The Morgan fingerprint density at radius 3 is 2.78 bits per heavy atom. The van der Waals surface area contributed by atoms with Crippen LogP contribution in [-0.4, -0.2) is 25.6 Å². The molecule has 0 fully saturated rings. The Balaban J connectivity index is 1.52. The molecule has 0 bridgehead atoms. The van der Waals surface area contributed by atoms with Crippen molar-refractivity contribution >= 4 is 17.2 Å². The van der Waals surface area contributed by atoms with Crippen molar-refractivity contribution in [2.75, 3.05) is 0 Å². The summed E-state index contributed by atoms with van der Waals surface area (Å²) < 4.78 is 1.86. The van der Waals surface area contributed by atoms with Crippen LogP contribution in [0.1, 0.15) is 40.7 Å². The second-order valence-electron chi connectivity index (χ2n) is 6.94. The van der Waals surface area contributed by atoms with Gasteiger partial charge in [0.15, 0.2) is 0 Å². The summed E-state index contributed by atoms with van der Waals surface area (Å²) in [4.78, 5) is 20.4. The fourth-order valence-corrected chi connectivity index (χ4v) is 4.50. The number of thiazole rings is 1. The number of carbonyl (C=O) groups is 1. The van der Waals surface area contributed by atoms with Gasteiger partial charge in [-0.2, -0.15) is 5.10 Å². The molecule has 2 aromatic heterocycles. The van der Waals surface area contributed by atoms with E-state index in [-0.39, 0.29) is 12.5 Å². The van der Waals surface area contributed by atoms with Crippen molar-refractivity contribution in [2.24, 2.45) is 0 Å². The van der Waals surface area contributed by atoms with Crippen molar-refractivity contribution in [2.45, 2.75) is 53.2 Å². The normalized spacial score (nSPS) is 13.2. The van der Waals surface area contributed by atoms with Crippen molar-refractivity contribution in [3.05, 3.63) is 57.2 Å². The smallest absolute Gasteiger partial charge is 0.244 e. The van der Waals surface area contributed by atoms with Gasteiger partial charge in [0.05, 0.1) is 29.5 Å². The molecule has 0 atom stereocenters. The SMILES string of the molecule is CCc1cccc(-c2cc(CC)n(CC(=O)N3Cc4nc(C)sc4C3)n2)c1. The number of amides is 1. The molecule has 5 nitrogen and oxygen atoms in total. The van der Waals surface area contributed by atoms with Crippen molar-refractivity contribution in [1.82, 2.24) is 19.7 Å². The second kappa shape index (κ2) is 7.27. The van der Waals surface area contributed by atoms with Crippen LogP contribution in [0.4, 0.5) is 0 Å². The lowest BCUT2D eigenvalue weighted by atomic mass is 10.1. The molecular formula is C21H24N4OS. The molecule has 3 aromatic rings. The van der Waals surface area contributed by atoms with Gasteiger partial charge in [0.25, 0.3) is 0 Å². The van der Waals surface area contributed by atoms with E-state index in [1.54, 1.807) is 11.3 Å². The molecule has 0 spiro atoms. The Hall–Kier alpha value is -2.47. The van der Waals surface area contributed by atoms with E-state index in [4.69, 9.17) is 5.10 Å². The van der Waals surface area contributed by atoms with E-state index in [0.29, 0.717) is 13.1 Å². The Morgan fingerprint density at radius 2 is 2.04 bits per heavy atom. The highest BCUT2D eigenvalue weighted by Crippen LogP contribution is 2.28. The quantitative estimate of drug-likeness (QED) is 0.673. The third kappa shape index (κ3) is 3.54. The predicted octanol–water partition coefficient (Wildman–Crippen LogP) is 3.98. The molecular weight excluding hydrogens is 356 g/mol. The molecule has 0 radical (unpaired) electrons. The third-order valence-corrected chi connectivity index (χ3v) is 6.05. The minimum atomic E-state index is 0.101. The molecule has 1 amide bonds. The van der Waals surface area contributed by atoms with Crippen LogP contribution in [0.15, 0.2) is 30.3 Å². The molecule has 1 aliphatic rings. The first-order valence-corrected chi connectivity index (χ1v) is 10.3. The summed E-state index contributed by atoms with van der Waals surface area (Å²) >= 11 is 1.69. The third-order valence-electron chi connectivity index (χ3n) is 5.05. The molecule has 0 unspecified atom stereocenters. The van der Waals surface area contributed by atoms with E-state index in [2.05, 4.69) is 49.2 Å². The number of aromatic nitrogens is 3. The Bertz CT molecular complexity index is 964. The number of hydrogen-bond donors (Lipinski definition) is 0. The summed E-state index contributed by atoms with van der Waals surface area (Å²) in [5, 5.41) is 5.82. The van der Waals surface area contributed by atoms with Gasteiger partial charge in [-0.05, 0) is 37.5 Å². The molecule has 27 heavy (non-hydrogen) atoms. The van der Waals surface area contributed by atoms with Gasteiger partial charge in [0.1, 0.15) is 6.54 Å². The average molecular weight is 381 g/mol. The van der Waals surface area contributed by atoms with Crippen molar-refractivity contribution in [3.63, 3.8) is 0 Å². The Labute approximate surface area is 163 Å². The van der Waals surface area contributed by atoms with Crippen molar-refractivity contribution in [3.8, 4) is 11.3 Å². The van der Waals surface area contributed by atoms with Gasteiger partial charge >= 0.3 is 0 Å². The monoisotopic (exact) mass is 380 g/mol. The first kappa shape index (κ1) is 17.9. The van der Waals surface area contributed by atoms with Crippen molar-refractivity contribution in [1.29, 1.82) is 0 Å². The number of hydrogen-bond acceptors (Lipinski definition) is 4. The zero-order valence-electron chi connectivity index (χ0n) is 16.0. The first-order chi connectivity index (χ1) is 13.1. The average Bonchev–Trinajstić information content (AvgIpc) is 3.34. The number of rotatable bonds is 5. The molecule has 3 heterocycles. The van der Waals surface area contributed by atoms with Crippen LogP contribution in [-0.2, 0) is 37.3 Å². The molecule has 1 aromatic carbocycles. The number of fused-ring (bicyclic) bond motifs is 1. The van der Waals surface area contributed by atoms with Gasteiger partial charge in [0.2, 0.25) is 5.91 Å². The topological polar surface area (TPSA) is 51.0 Å². The summed E-state index contributed by atoms with van der Waals surface area (Å²) in [5.74, 6) is 0.101. The maximum absolute atomic E-state index is 12.8. The van der Waals surface area contributed by atoms with E-state index in [1.165, 1.54) is 10.4 Å². The van der Waals surface area contributed by atoms with Gasteiger partial charge in [-0.15, -0.1) is 11.3 Å². The first-order valence-electron chi connectivity index (χ1n) is 9.46. The van der Waals surface area contributed by atoms with Crippen LogP contribution in [0, 0.1) is 6.92 Å². The maximum Gasteiger partial charge on any atom is 0.244 e. The molecule has 0 saturated carbocycles. The maximum atomic E-state index is 12.8. The summed E-state index contributed by atoms with van der Waals surface area (Å²) in [6.45, 7) is 7.84. The minimum absolute atomic E-state index is 0.101. The number of aryl methyl sites for hydroxylation is 3. The number of nitrogens with zero attached hydrogens (tertiary/aromatic N) is 4. The lowest BCUT2D eigenvalue weighted by Gasteiger charge is -2.16. The standard InChI is InChI=1S/C21H24N4OS/c1-4-15-7-6-8-16(9-15)18-10-17(5-2)25(23-18)13-21(26)24-11-19-20(12-24)27-14(3)22-19/h6-10H,4-5,11-13H2,1-3H3. The molecule has 0 aliphatic carbocycles. The summed E-state index contributed by atoms with van der Waals surface area (Å²) in [7, 11) is 0. The molecule has 0 N–H and O–H groups in total. The number of carbonyl (C=O) groups excluding carboxylic acids is 1. The lowest BCUT2D eigenvalue weighted by molar-refractivity contribution is -0.132. The summed E-state index contributed by atoms with van der Waals surface area (Å²) in [6, 6.07) is 10.6. The molecule has 1 aliphatic heterocycles. The van der Waals surface area contributed by atoms with Crippen molar-refractivity contribution < 1.29 is 4.79 Å². The van der Waals surface area contributed by atoms with Gasteiger partial charge < -0.3 is 4.90 Å². The molecule has 140 valence electrons. The lowest BCUT2D eigenvalue weighted by Crippen LogP contribution is -2.30. The van der Waals surface area contributed by atoms with Crippen LogP contribution < -0.4 is 0 Å². The highest BCUT2D eigenvalue weighted by molar-refractivity contribution is 7.11. The van der Waals surface area contributed by atoms with E-state index in [0.717, 1.165) is 40.5 Å². The van der Waals surface area contributed by atoms with Gasteiger partial charge in [0, 0.05) is 16.1 Å². The zero-order valence-corrected chi connectivity index (χ0v) is 16.8. The van der Waals surface area contributed by atoms with Crippen LogP contribution in [0.5, 0.6) is 0 Å². The van der Waals surface area contributed by atoms with Gasteiger partial charge in [-0.1, -0.05) is 32.0 Å².